The molecule has 0 heterocycles. The van der Waals surface area contributed by atoms with E-state index in [9.17, 15) is 18.4 Å². The third kappa shape index (κ3) is 4.02. The molecular weight excluding hydrogens is 436 g/mol. The zero-order valence-corrected chi connectivity index (χ0v) is 16.8. The molecule has 5 rings (SSSR count). The molecular formula is C20H22BrF2NO4. The summed E-state index contributed by atoms with van der Waals surface area (Å²) in [5, 5.41) is 2.59. The molecule has 0 aromatic heterocycles. The summed E-state index contributed by atoms with van der Waals surface area (Å²) in [5.74, 6) is 0.368. The third-order valence-electron chi connectivity index (χ3n) is 6.12. The summed E-state index contributed by atoms with van der Waals surface area (Å²) in [7, 11) is 0. The summed E-state index contributed by atoms with van der Waals surface area (Å²) in [6, 6.07) is 5.56. The van der Waals surface area contributed by atoms with Gasteiger partial charge in [-0.25, -0.2) is 0 Å². The molecule has 152 valence electrons. The van der Waals surface area contributed by atoms with E-state index in [0.29, 0.717) is 17.5 Å². The van der Waals surface area contributed by atoms with E-state index in [4.69, 9.17) is 4.74 Å². The lowest BCUT2D eigenvalue weighted by Crippen LogP contribution is -2.56. The molecule has 0 aliphatic heterocycles. The number of nitrogens with one attached hydrogen (secondary N) is 1. The van der Waals surface area contributed by atoms with Gasteiger partial charge < -0.3 is 14.8 Å². The van der Waals surface area contributed by atoms with Gasteiger partial charge in [0.15, 0.2) is 6.61 Å². The van der Waals surface area contributed by atoms with Gasteiger partial charge in [0.2, 0.25) is 0 Å². The first-order valence-corrected chi connectivity index (χ1v) is 10.3. The molecule has 1 aromatic carbocycles. The molecule has 2 atom stereocenters. The van der Waals surface area contributed by atoms with Crippen LogP contribution < -0.4 is 10.1 Å². The van der Waals surface area contributed by atoms with Gasteiger partial charge in [-0.2, -0.15) is 8.78 Å². The maximum Gasteiger partial charge on any atom is 0.387 e. The lowest BCUT2D eigenvalue weighted by molar-refractivity contribution is -0.170. The average Bonchev–Trinajstić information content (AvgIpc) is 2.59. The van der Waals surface area contributed by atoms with Crippen molar-refractivity contribution in [3.63, 3.8) is 0 Å². The maximum absolute atomic E-state index is 12.8. The van der Waals surface area contributed by atoms with Crippen molar-refractivity contribution in [3.05, 3.63) is 24.3 Å². The summed E-state index contributed by atoms with van der Waals surface area (Å²) in [6.45, 7) is -3.26. The van der Waals surface area contributed by atoms with Crippen LogP contribution in [-0.4, -0.2) is 29.4 Å². The van der Waals surface area contributed by atoms with Crippen molar-refractivity contribution in [1.29, 1.82) is 0 Å². The molecule has 8 heteroatoms. The van der Waals surface area contributed by atoms with Gasteiger partial charge in [-0.3, -0.25) is 9.59 Å². The summed E-state index contributed by atoms with van der Waals surface area (Å²) < 4.78 is 34.0. The first-order chi connectivity index (χ1) is 13.3. The molecule has 0 saturated heterocycles. The van der Waals surface area contributed by atoms with Crippen molar-refractivity contribution >= 4 is 33.5 Å². The summed E-state index contributed by atoms with van der Waals surface area (Å²) >= 11 is 3.86. The highest BCUT2D eigenvalue weighted by Gasteiger charge is 2.60. The smallest absolute Gasteiger partial charge is 0.387 e. The topological polar surface area (TPSA) is 64.6 Å². The summed E-state index contributed by atoms with van der Waals surface area (Å²) in [6.07, 6.45) is 5.90. The number of hydrogen-bond acceptors (Lipinski definition) is 4. The minimum absolute atomic E-state index is 0.00458. The Kier molecular flexibility index (Phi) is 5.10. The number of alkyl halides is 3. The molecule has 2 unspecified atom stereocenters. The Hall–Kier alpha value is -1.70. The normalized spacial score (nSPS) is 33.0. The zero-order valence-electron chi connectivity index (χ0n) is 15.3. The van der Waals surface area contributed by atoms with Crippen LogP contribution in [0.15, 0.2) is 24.3 Å². The Morgan fingerprint density at radius 3 is 2.36 bits per heavy atom. The SMILES string of the molecule is O=C(COC(=O)C12CC3CC(CC(Br)(C3)C1)C2)Nc1ccc(OC(F)F)cc1. The summed E-state index contributed by atoms with van der Waals surface area (Å²) in [5.41, 5.74) is -0.0563. The second-order valence-corrected chi connectivity index (χ2v) is 10.1. The fourth-order valence-corrected chi connectivity index (χ4v) is 7.04. The molecule has 4 aliphatic carbocycles. The van der Waals surface area contributed by atoms with Gasteiger partial charge in [0.25, 0.3) is 5.91 Å². The number of ether oxygens (including phenoxy) is 2. The van der Waals surface area contributed by atoms with Crippen LogP contribution >= 0.6 is 15.9 Å². The Morgan fingerprint density at radius 2 is 1.79 bits per heavy atom. The second-order valence-electron chi connectivity index (χ2n) is 8.42. The fraction of sp³-hybridized carbons (Fsp3) is 0.600. The predicted octanol–water partition coefficient (Wildman–Crippen LogP) is 4.50. The van der Waals surface area contributed by atoms with Crippen LogP contribution in [-0.2, 0) is 14.3 Å². The minimum Gasteiger partial charge on any atom is -0.455 e. The molecule has 0 spiro atoms. The van der Waals surface area contributed by atoms with Crippen molar-refractivity contribution in [3.8, 4) is 5.75 Å². The molecule has 28 heavy (non-hydrogen) atoms. The van der Waals surface area contributed by atoms with Gasteiger partial charge in [0.05, 0.1) is 5.41 Å². The van der Waals surface area contributed by atoms with Crippen LogP contribution in [0, 0.1) is 17.3 Å². The monoisotopic (exact) mass is 457 g/mol. The van der Waals surface area contributed by atoms with E-state index in [1.807, 2.05) is 0 Å². The fourth-order valence-electron chi connectivity index (χ4n) is 5.59. The summed E-state index contributed by atoms with van der Waals surface area (Å²) in [4.78, 5) is 25.0. The van der Waals surface area contributed by atoms with Gasteiger partial charge in [-0.15, -0.1) is 0 Å². The highest BCUT2D eigenvalue weighted by molar-refractivity contribution is 9.10. The molecule has 4 bridgehead atoms. The van der Waals surface area contributed by atoms with Crippen molar-refractivity contribution in [2.75, 3.05) is 11.9 Å². The third-order valence-corrected chi connectivity index (χ3v) is 7.05. The lowest BCUT2D eigenvalue weighted by atomic mass is 9.49. The molecule has 0 radical (unpaired) electrons. The van der Waals surface area contributed by atoms with E-state index in [2.05, 4.69) is 26.0 Å². The van der Waals surface area contributed by atoms with E-state index in [1.165, 1.54) is 30.7 Å². The van der Waals surface area contributed by atoms with Crippen LogP contribution in [0.2, 0.25) is 0 Å². The number of rotatable bonds is 6. The molecule has 4 fully saturated rings. The van der Waals surface area contributed by atoms with Gasteiger partial charge in [-0.1, -0.05) is 15.9 Å². The maximum atomic E-state index is 12.8. The quantitative estimate of drug-likeness (QED) is 0.504. The van der Waals surface area contributed by atoms with Crippen molar-refractivity contribution in [2.45, 2.75) is 49.5 Å². The lowest BCUT2D eigenvalue weighted by Gasteiger charge is -2.58. The van der Waals surface area contributed by atoms with Crippen molar-refractivity contribution < 1.29 is 27.8 Å². The van der Waals surface area contributed by atoms with Gasteiger partial charge in [0, 0.05) is 10.0 Å². The average molecular weight is 458 g/mol. The largest absolute Gasteiger partial charge is 0.455 e. The number of halogens is 3. The van der Waals surface area contributed by atoms with E-state index < -0.39 is 17.9 Å². The Balaban J connectivity index is 1.31. The second kappa shape index (κ2) is 7.28. The number of amides is 1. The zero-order chi connectivity index (χ0) is 19.9. The number of carbonyl (C=O) groups excluding carboxylic acids is 2. The Morgan fingerprint density at radius 1 is 1.14 bits per heavy atom. The van der Waals surface area contributed by atoms with E-state index in [1.54, 1.807) is 0 Å². The van der Waals surface area contributed by atoms with Crippen LogP contribution in [0.1, 0.15) is 38.5 Å². The molecule has 1 amide bonds. The predicted molar refractivity (Wildman–Crippen MR) is 101 cm³/mol. The highest BCUT2D eigenvalue weighted by Crippen LogP contribution is 2.64. The van der Waals surface area contributed by atoms with Crippen molar-refractivity contribution in [2.24, 2.45) is 17.3 Å². The molecule has 4 aliphatic rings. The van der Waals surface area contributed by atoms with Gasteiger partial charge in [-0.05, 0) is 74.6 Å². The number of hydrogen-bond donors (Lipinski definition) is 1. The number of esters is 1. The number of benzene rings is 1. The van der Waals surface area contributed by atoms with Crippen LogP contribution in [0.4, 0.5) is 14.5 Å². The van der Waals surface area contributed by atoms with E-state index in [-0.39, 0.29) is 22.6 Å². The molecule has 5 nitrogen and oxygen atoms in total. The van der Waals surface area contributed by atoms with Gasteiger partial charge >= 0.3 is 12.6 Å². The first-order valence-electron chi connectivity index (χ1n) is 9.46. The standard InChI is InChI=1S/C20H22BrF2NO4/c21-20-8-12-5-13(9-20)7-19(6-12,11-20)17(26)27-10-16(25)24-14-1-3-15(4-2-14)28-18(22)23/h1-4,12-13,18H,5-11H2,(H,24,25). The van der Waals surface area contributed by atoms with Crippen LogP contribution in [0.25, 0.3) is 0 Å². The molecule has 1 aromatic rings. The Bertz CT molecular complexity index is 756. The van der Waals surface area contributed by atoms with Crippen LogP contribution in [0.5, 0.6) is 5.75 Å². The van der Waals surface area contributed by atoms with Gasteiger partial charge in [0.1, 0.15) is 5.75 Å². The molecule has 1 N–H and O–H groups in total. The Labute approximate surface area is 170 Å². The minimum atomic E-state index is -2.90. The van der Waals surface area contributed by atoms with Crippen LogP contribution in [0.3, 0.4) is 0 Å². The molecule has 4 saturated carbocycles. The van der Waals surface area contributed by atoms with E-state index in [0.717, 1.165) is 32.1 Å². The van der Waals surface area contributed by atoms with Crippen molar-refractivity contribution in [1.82, 2.24) is 0 Å². The number of anilines is 1. The van der Waals surface area contributed by atoms with E-state index >= 15 is 0 Å². The number of carbonyl (C=O) groups is 2. The highest BCUT2D eigenvalue weighted by atomic mass is 79.9. The first kappa shape index (κ1) is 19.6.